The summed E-state index contributed by atoms with van der Waals surface area (Å²) in [6.07, 6.45) is 4.07. The molecule has 2 aromatic rings. The Labute approximate surface area is 206 Å². The summed E-state index contributed by atoms with van der Waals surface area (Å²) in [5.74, 6) is 2.52. The number of halogens is 1. The lowest BCUT2D eigenvalue weighted by Crippen LogP contribution is -2.44. The van der Waals surface area contributed by atoms with Gasteiger partial charge in [-0.3, -0.25) is 4.90 Å². The second-order valence-corrected chi connectivity index (χ2v) is 8.55. The SMILES string of the molecule is CCNC(=NCc1ncc(CC)s1)NC1CCN(Cc2cc(OC)cc(OC)c2)C1.I. The van der Waals surface area contributed by atoms with Crippen molar-refractivity contribution in [3.05, 3.63) is 39.8 Å². The molecule has 1 unspecified atom stereocenters. The van der Waals surface area contributed by atoms with E-state index in [-0.39, 0.29) is 24.0 Å². The van der Waals surface area contributed by atoms with Crippen LogP contribution in [0, 0.1) is 0 Å². The van der Waals surface area contributed by atoms with Gasteiger partial charge >= 0.3 is 0 Å². The normalized spacial score (nSPS) is 16.6. The maximum atomic E-state index is 5.40. The third-order valence-corrected chi connectivity index (χ3v) is 6.22. The predicted molar refractivity (Wildman–Crippen MR) is 138 cm³/mol. The smallest absolute Gasteiger partial charge is 0.191 e. The van der Waals surface area contributed by atoms with Crippen molar-refractivity contribution in [1.82, 2.24) is 20.5 Å². The Bertz CT molecular complexity index is 823. The first-order chi connectivity index (χ1) is 14.6. The average Bonchev–Trinajstić information content (AvgIpc) is 3.41. The maximum Gasteiger partial charge on any atom is 0.191 e. The molecule has 0 amide bonds. The van der Waals surface area contributed by atoms with Gasteiger partial charge in [0.15, 0.2) is 5.96 Å². The standard InChI is InChI=1S/C22H33N5O2S.HI/c1-5-20-12-24-21(30-20)13-25-22(23-6-2)26-17-7-8-27(15-17)14-16-9-18(28-3)11-19(10-16)29-4;/h9-12,17H,5-8,13-15H2,1-4H3,(H2,23,25,26);1H. The van der Waals surface area contributed by atoms with E-state index in [2.05, 4.69) is 46.5 Å². The molecule has 1 aliphatic heterocycles. The molecule has 1 atom stereocenters. The summed E-state index contributed by atoms with van der Waals surface area (Å²) in [5.41, 5.74) is 1.20. The minimum Gasteiger partial charge on any atom is -0.497 e. The Kier molecular flexibility index (Phi) is 10.8. The fraction of sp³-hybridized carbons (Fsp3) is 0.545. The second-order valence-electron chi connectivity index (χ2n) is 7.35. The highest BCUT2D eigenvalue weighted by molar-refractivity contribution is 14.0. The van der Waals surface area contributed by atoms with Gasteiger partial charge in [-0.2, -0.15) is 0 Å². The van der Waals surface area contributed by atoms with E-state index in [0.717, 1.165) is 61.5 Å². The fourth-order valence-electron chi connectivity index (χ4n) is 3.55. The van der Waals surface area contributed by atoms with E-state index >= 15 is 0 Å². The molecular formula is C22H34IN5O2S. The Hall–Kier alpha value is -1.59. The van der Waals surface area contributed by atoms with E-state index in [1.807, 2.05) is 12.3 Å². The molecule has 172 valence electrons. The van der Waals surface area contributed by atoms with Crippen LogP contribution in [0.25, 0.3) is 0 Å². The molecule has 3 rings (SSSR count). The number of thiazole rings is 1. The van der Waals surface area contributed by atoms with Gasteiger partial charge in [0.2, 0.25) is 0 Å². The van der Waals surface area contributed by atoms with E-state index in [1.165, 1.54) is 10.4 Å². The van der Waals surface area contributed by atoms with Gasteiger partial charge in [-0.1, -0.05) is 6.92 Å². The lowest BCUT2D eigenvalue weighted by atomic mass is 10.2. The summed E-state index contributed by atoms with van der Waals surface area (Å²) in [5, 5.41) is 8.01. The third-order valence-electron chi connectivity index (χ3n) is 5.10. The van der Waals surface area contributed by atoms with E-state index in [0.29, 0.717) is 12.6 Å². The Morgan fingerprint density at radius 2 is 1.97 bits per heavy atom. The van der Waals surface area contributed by atoms with Crippen molar-refractivity contribution in [2.24, 2.45) is 4.99 Å². The second kappa shape index (κ2) is 13.1. The summed E-state index contributed by atoms with van der Waals surface area (Å²) >= 11 is 1.74. The van der Waals surface area contributed by atoms with Crippen molar-refractivity contribution in [2.75, 3.05) is 33.9 Å². The molecule has 7 nitrogen and oxygen atoms in total. The Morgan fingerprint density at radius 3 is 2.58 bits per heavy atom. The molecule has 1 aliphatic rings. The van der Waals surface area contributed by atoms with Crippen LogP contribution in [0.4, 0.5) is 0 Å². The van der Waals surface area contributed by atoms with Crippen LogP contribution in [0.3, 0.4) is 0 Å². The van der Waals surface area contributed by atoms with Crippen LogP contribution in [0.2, 0.25) is 0 Å². The van der Waals surface area contributed by atoms with Crippen molar-refractivity contribution in [1.29, 1.82) is 0 Å². The van der Waals surface area contributed by atoms with Crippen molar-refractivity contribution >= 4 is 41.3 Å². The lowest BCUT2D eigenvalue weighted by molar-refractivity contribution is 0.321. The van der Waals surface area contributed by atoms with E-state index in [9.17, 15) is 0 Å². The minimum absolute atomic E-state index is 0. The van der Waals surface area contributed by atoms with Crippen LogP contribution in [-0.2, 0) is 19.5 Å². The predicted octanol–water partition coefficient (Wildman–Crippen LogP) is 3.67. The summed E-state index contributed by atoms with van der Waals surface area (Å²) < 4.78 is 10.8. The zero-order valence-electron chi connectivity index (χ0n) is 18.8. The topological polar surface area (TPSA) is 71.0 Å². The third kappa shape index (κ3) is 7.80. The number of likely N-dealkylation sites (tertiary alicyclic amines) is 1. The Morgan fingerprint density at radius 1 is 1.23 bits per heavy atom. The first-order valence-electron chi connectivity index (χ1n) is 10.6. The van der Waals surface area contributed by atoms with Crippen molar-refractivity contribution in [2.45, 2.75) is 45.8 Å². The van der Waals surface area contributed by atoms with E-state index < -0.39 is 0 Å². The number of aryl methyl sites for hydroxylation is 1. The van der Waals surface area contributed by atoms with Crippen LogP contribution in [0.1, 0.15) is 35.7 Å². The highest BCUT2D eigenvalue weighted by Crippen LogP contribution is 2.24. The van der Waals surface area contributed by atoms with Gasteiger partial charge in [-0.05, 0) is 37.5 Å². The molecule has 2 N–H and O–H groups in total. The molecule has 1 aromatic heterocycles. The molecule has 0 bridgehead atoms. The summed E-state index contributed by atoms with van der Waals surface area (Å²) in [7, 11) is 3.37. The van der Waals surface area contributed by atoms with Crippen LogP contribution in [0.5, 0.6) is 11.5 Å². The van der Waals surface area contributed by atoms with Crippen LogP contribution in [0.15, 0.2) is 29.4 Å². The number of hydrogen-bond donors (Lipinski definition) is 2. The fourth-order valence-corrected chi connectivity index (χ4v) is 4.34. The van der Waals surface area contributed by atoms with Crippen molar-refractivity contribution in [3.8, 4) is 11.5 Å². The van der Waals surface area contributed by atoms with Crippen LogP contribution >= 0.6 is 35.3 Å². The van der Waals surface area contributed by atoms with Gasteiger partial charge in [-0.15, -0.1) is 35.3 Å². The highest BCUT2D eigenvalue weighted by Gasteiger charge is 2.23. The summed E-state index contributed by atoms with van der Waals surface area (Å²) in [6.45, 7) is 8.58. The summed E-state index contributed by atoms with van der Waals surface area (Å²) in [4.78, 5) is 13.0. The Balaban J connectivity index is 0.00000341. The molecule has 0 saturated carbocycles. The number of guanidine groups is 1. The molecule has 1 saturated heterocycles. The number of ether oxygens (including phenoxy) is 2. The molecular weight excluding hydrogens is 525 g/mol. The van der Waals surface area contributed by atoms with Gasteiger partial charge in [-0.25, -0.2) is 9.98 Å². The molecule has 31 heavy (non-hydrogen) atoms. The van der Waals surface area contributed by atoms with E-state index in [4.69, 9.17) is 14.5 Å². The number of methoxy groups -OCH3 is 2. The lowest BCUT2D eigenvalue weighted by Gasteiger charge is -2.19. The molecule has 1 fully saturated rings. The van der Waals surface area contributed by atoms with Gasteiger partial charge in [0.05, 0.1) is 20.8 Å². The molecule has 0 spiro atoms. The summed E-state index contributed by atoms with van der Waals surface area (Å²) in [6, 6.07) is 6.43. The average molecular weight is 560 g/mol. The van der Waals surface area contributed by atoms with Crippen LogP contribution in [-0.4, -0.2) is 55.7 Å². The highest BCUT2D eigenvalue weighted by atomic mass is 127. The number of aromatic nitrogens is 1. The first kappa shape index (κ1) is 25.7. The zero-order valence-corrected chi connectivity index (χ0v) is 22.0. The molecule has 9 heteroatoms. The largest absolute Gasteiger partial charge is 0.497 e. The van der Waals surface area contributed by atoms with Crippen molar-refractivity contribution < 1.29 is 9.47 Å². The maximum absolute atomic E-state index is 5.40. The van der Waals surface area contributed by atoms with Crippen molar-refractivity contribution in [3.63, 3.8) is 0 Å². The van der Waals surface area contributed by atoms with E-state index in [1.54, 1.807) is 25.6 Å². The number of aliphatic imine (C=N–C) groups is 1. The number of nitrogens with zero attached hydrogens (tertiary/aromatic N) is 3. The molecule has 0 radical (unpaired) electrons. The van der Waals surface area contributed by atoms with Crippen LogP contribution < -0.4 is 20.1 Å². The molecule has 0 aliphatic carbocycles. The zero-order chi connectivity index (χ0) is 21.3. The minimum atomic E-state index is 0. The number of rotatable bonds is 9. The van der Waals surface area contributed by atoms with Gasteiger partial charge in [0.1, 0.15) is 16.5 Å². The number of hydrogen-bond acceptors (Lipinski definition) is 6. The quantitative estimate of drug-likeness (QED) is 0.278. The number of benzene rings is 1. The molecule has 2 heterocycles. The molecule has 1 aromatic carbocycles. The van der Waals surface area contributed by atoms with Gasteiger partial charge < -0.3 is 20.1 Å². The monoisotopic (exact) mass is 559 g/mol. The van der Waals surface area contributed by atoms with Gasteiger partial charge in [0.25, 0.3) is 0 Å². The number of nitrogens with one attached hydrogen (secondary N) is 2. The van der Waals surface area contributed by atoms with Gasteiger partial charge in [0, 0.05) is 49.4 Å². The first-order valence-corrected chi connectivity index (χ1v) is 11.4.